The number of nitrogens with one attached hydrogen (secondary N) is 1. The molecule has 6 nitrogen and oxygen atoms in total. The molecule has 19 heavy (non-hydrogen) atoms. The molecule has 1 aliphatic heterocycles. The Bertz CT molecular complexity index is 325. The van der Waals surface area contributed by atoms with Gasteiger partial charge >= 0.3 is 0 Å². The van der Waals surface area contributed by atoms with Crippen molar-refractivity contribution in [2.75, 3.05) is 39.3 Å². The molecule has 1 saturated heterocycles. The topological polar surface area (TPSA) is 78.7 Å². The van der Waals surface area contributed by atoms with E-state index in [-0.39, 0.29) is 11.8 Å². The van der Waals surface area contributed by atoms with E-state index in [2.05, 4.69) is 11.9 Å². The lowest BCUT2D eigenvalue weighted by atomic mass is 10.2. The predicted molar refractivity (Wildman–Crippen MR) is 74.5 cm³/mol. The number of hydrogen-bond donors (Lipinski definition) is 2. The highest BCUT2D eigenvalue weighted by atomic mass is 16.2. The van der Waals surface area contributed by atoms with E-state index in [1.807, 2.05) is 11.8 Å². The molecule has 6 heteroatoms. The molecule has 1 fully saturated rings. The van der Waals surface area contributed by atoms with Crippen molar-refractivity contribution in [3.63, 3.8) is 0 Å². The summed E-state index contributed by atoms with van der Waals surface area (Å²) >= 11 is 0. The van der Waals surface area contributed by atoms with Gasteiger partial charge in [0.05, 0.1) is 12.6 Å². The van der Waals surface area contributed by atoms with Crippen LogP contribution in [0.4, 0.5) is 0 Å². The fraction of sp³-hybridized carbons (Fsp3) is 0.692. The summed E-state index contributed by atoms with van der Waals surface area (Å²) in [4.78, 5) is 27.3. The smallest absolute Gasteiger partial charge is 0.239 e. The first-order valence-electron chi connectivity index (χ1n) is 6.72. The number of nitrogens with two attached hydrogens (primary N) is 1. The van der Waals surface area contributed by atoms with Crippen molar-refractivity contribution in [3.8, 4) is 0 Å². The fourth-order valence-electron chi connectivity index (χ4n) is 1.98. The molecule has 0 spiro atoms. The lowest BCUT2D eigenvalue weighted by Crippen LogP contribution is -2.54. The van der Waals surface area contributed by atoms with Crippen LogP contribution in [0.1, 0.15) is 13.3 Å². The van der Waals surface area contributed by atoms with E-state index in [9.17, 15) is 9.59 Å². The third-order valence-electron chi connectivity index (χ3n) is 3.25. The van der Waals surface area contributed by atoms with Gasteiger partial charge in [-0.2, -0.15) is 0 Å². The summed E-state index contributed by atoms with van der Waals surface area (Å²) in [6.07, 6.45) is 2.31. The van der Waals surface area contributed by atoms with Gasteiger partial charge in [-0.25, -0.2) is 0 Å². The average molecular weight is 268 g/mol. The van der Waals surface area contributed by atoms with Crippen LogP contribution in [0.15, 0.2) is 12.7 Å². The third kappa shape index (κ3) is 5.00. The van der Waals surface area contributed by atoms with Gasteiger partial charge in [0.15, 0.2) is 0 Å². The van der Waals surface area contributed by atoms with Gasteiger partial charge in [0.25, 0.3) is 0 Å². The van der Waals surface area contributed by atoms with E-state index in [0.29, 0.717) is 45.7 Å². The monoisotopic (exact) mass is 268 g/mol. The highest BCUT2D eigenvalue weighted by Crippen LogP contribution is 2.04. The number of rotatable bonds is 6. The van der Waals surface area contributed by atoms with Gasteiger partial charge in [-0.1, -0.05) is 13.0 Å². The van der Waals surface area contributed by atoms with Crippen molar-refractivity contribution in [1.82, 2.24) is 15.1 Å². The summed E-state index contributed by atoms with van der Waals surface area (Å²) in [6.45, 7) is 9.02. The van der Waals surface area contributed by atoms with Crippen molar-refractivity contribution >= 4 is 11.8 Å². The molecule has 0 saturated carbocycles. The molecule has 1 rings (SSSR count). The number of piperazine rings is 1. The fourth-order valence-corrected chi connectivity index (χ4v) is 1.98. The molecule has 1 unspecified atom stereocenters. The van der Waals surface area contributed by atoms with Crippen molar-refractivity contribution in [2.24, 2.45) is 5.73 Å². The summed E-state index contributed by atoms with van der Waals surface area (Å²) in [5.41, 5.74) is 5.74. The summed E-state index contributed by atoms with van der Waals surface area (Å²) in [5.74, 6) is 0.00296. The van der Waals surface area contributed by atoms with Crippen LogP contribution in [0.5, 0.6) is 0 Å². The largest absolute Gasteiger partial charge is 0.352 e. The molecule has 1 aliphatic rings. The quantitative estimate of drug-likeness (QED) is 0.616. The zero-order valence-electron chi connectivity index (χ0n) is 11.6. The molecular formula is C13H24N4O2. The van der Waals surface area contributed by atoms with Crippen LogP contribution in [0.2, 0.25) is 0 Å². The maximum atomic E-state index is 11.9. The minimum atomic E-state index is -0.401. The van der Waals surface area contributed by atoms with Crippen LogP contribution in [0, 0.1) is 0 Å². The SMILES string of the molecule is C=CCNC(=O)CN1CCN(C(=O)C(N)CC)CC1. The highest BCUT2D eigenvalue weighted by molar-refractivity contribution is 5.81. The molecule has 2 amide bonds. The van der Waals surface area contributed by atoms with Gasteiger partial charge in [0.2, 0.25) is 11.8 Å². The summed E-state index contributed by atoms with van der Waals surface area (Å²) in [5, 5.41) is 2.74. The lowest BCUT2D eigenvalue weighted by molar-refractivity contribution is -0.134. The third-order valence-corrected chi connectivity index (χ3v) is 3.25. The molecule has 0 aromatic heterocycles. The van der Waals surface area contributed by atoms with E-state index in [4.69, 9.17) is 5.73 Å². The van der Waals surface area contributed by atoms with E-state index in [1.165, 1.54) is 0 Å². The first kappa shape index (κ1) is 15.7. The van der Waals surface area contributed by atoms with Gasteiger partial charge < -0.3 is 16.0 Å². The zero-order chi connectivity index (χ0) is 14.3. The first-order chi connectivity index (χ1) is 9.08. The highest BCUT2D eigenvalue weighted by Gasteiger charge is 2.24. The molecule has 0 radical (unpaired) electrons. The maximum Gasteiger partial charge on any atom is 0.239 e. The minimum absolute atomic E-state index is 0.00932. The molecule has 0 aromatic carbocycles. The Morgan fingerprint density at radius 2 is 2.00 bits per heavy atom. The number of carbonyl (C=O) groups excluding carboxylic acids is 2. The second-order valence-electron chi connectivity index (χ2n) is 4.71. The van der Waals surface area contributed by atoms with Crippen LogP contribution in [0.25, 0.3) is 0 Å². The molecular weight excluding hydrogens is 244 g/mol. The Morgan fingerprint density at radius 3 is 2.53 bits per heavy atom. The van der Waals surface area contributed by atoms with Crippen LogP contribution in [-0.2, 0) is 9.59 Å². The minimum Gasteiger partial charge on any atom is -0.352 e. The van der Waals surface area contributed by atoms with Gasteiger partial charge in [0, 0.05) is 32.7 Å². The molecule has 0 aliphatic carbocycles. The van der Waals surface area contributed by atoms with Crippen molar-refractivity contribution in [1.29, 1.82) is 0 Å². The molecule has 1 heterocycles. The Hall–Kier alpha value is -1.40. The van der Waals surface area contributed by atoms with Crippen molar-refractivity contribution in [3.05, 3.63) is 12.7 Å². The second-order valence-corrected chi connectivity index (χ2v) is 4.71. The van der Waals surface area contributed by atoms with Crippen molar-refractivity contribution < 1.29 is 9.59 Å². The standard InChI is InChI=1S/C13H24N4O2/c1-3-5-15-12(18)10-16-6-8-17(9-7-16)13(19)11(14)4-2/h3,11H,1,4-10,14H2,2H3,(H,15,18). The number of hydrogen-bond acceptors (Lipinski definition) is 4. The molecule has 0 aromatic rings. The van der Waals surface area contributed by atoms with Crippen LogP contribution >= 0.6 is 0 Å². The number of amides is 2. The summed E-state index contributed by atoms with van der Waals surface area (Å²) in [6, 6.07) is -0.401. The van der Waals surface area contributed by atoms with Crippen LogP contribution < -0.4 is 11.1 Å². The Kier molecular flexibility index (Phi) is 6.52. The summed E-state index contributed by atoms with van der Waals surface area (Å²) in [7, 11) is 0. The number of nitrogens with zero attached hydrogens (tertiary/aromatic N) is 2. The van der Waals surface area contributed by atoms with Gasteiger partial charge in [-0.15, -0.1) is 6.58 Å². The average Bonchev–Trinajstić information content (AvgIpc) is 2.44. The Morgan fingerprint density at radius 1 is 1.37 bits per heavy atom. The van der Waals surface area contributed by atoms with Gasteiger partial charge in [-0.3, -0.25) is 14.5 Å². The molecule has 3 N–H and O–H groups in total. The molecule has 1 atom stereocenters. The van der Waals surface area contributed by atoms with E-state index < -0.39 is 6.04 Å². The molecule has 108 valence electrons. The predicted octanol–water partition coefficient (Wildman–Crippen LogP) is -0.830. The Labute approximate surface area is 114 Å². The van der Waals surface area contributed by atoms with E-state index >= 15 is 0 Å². The normalized spacial score (nSPS) is 17.9. The van der Waals surface area contributed by atoms with Gasteiger partial charge in [0.1, 0.15) is 0 Å². The van der Waals surface area contributed by atoms with Crippen LogP contribution in [-0.4, -0.2) is 66.9 Å². The zero-order valence-corrected chi connectivity index (χ0v) is 11.6. The lowest BCUT2D eigenvalue weighted by Gasteiger charge is -2.35. The van der Waals surface area contributed by atoms with Crippen molar-refractivity contribution in [2.45, 2.75) is 19.4 Å². The van der Waals surface area contributed by atoms with Crippen LogP contribution in [0.3, 0.4) is 0 Å². The van der Waals surface area contributed by atoms with Gasteiger partial charge in [-0.05, 0) is 6.42 Å². The second kappa shape index (κ2) is 7.91. The molecule has 0 bridgehead atoms. The van der Waals surface area contributed by atoms with E-state index in [0.717, 1.165) is 0 Å². The first-order valence-corrected chi connectivity index (χ1v) is 6.72. The maximum absolute atomic E-state index is 11.9. The van der Waals surface area contributed by atoms with E-state index in [1.54, 1.807) is 11.0 Å². The number of carbonyl (C=O) groups is 2. The summed E-state index contributed by atoms with van der Waals surface area (Å²) < 4.78 is 0. The Balaban J connectivity index is 2.30.